The molecule has 0 saturated carbocycles. The molecule has 2 rings (SSSR count). The molecule has 0 radical (unpaired) electrons. The van der Waals surface area contributed by atoms with Gasteiger partial charge in [0, 0.05) is 16.8 Å². The third kappa shape index (κ3) is 4.42. The van der Waals surface area contributed by atoms with Gasteiger partial charge < -0.3 is 14.5 Å². The molecule has 1 heterocycles. The molecule has 1 N–H and O–H groups in total. The highest BCUT2D eigenvalue weighted by atomic mass is 16.5. The maximum Gasteiger partial charge on any atom is 0.266 e. The standard InChI is InChI=1S/C20H24N2O3/c1-4-5-6-7-11-25-19-15(9-8-10-18(19)24-3)16-12-14(2)22-20(23)17(16)13-21/h8-10,12H,4-7,11H2,1-3H3,(H,22,23). The summed E-state index contributed by atoms with van der Waals surface area (Å²) >= 11 is 0. The predicted molar refractivity (Wildman–Crippen MR) is 98.1 cm³/mol. The number of aryl methyl sites for hydroxylation is 1. The number of aromatic nitrogens is 1. The Hall–Kier alpha value is -2.74. The number of H-pyrrole nitrogens is 1. The summed E-state index contributed by atoms with van der Waals surface area (Å²) in [5.41, 5.74) is 1.63. The van der Waals surface area contributed by atoms with E-state index in [1.807, 2.05) is 24.3 Å². The van der Waals surface area contributed by atoms with Crippen molar-refractivity contribution in [3.05, 3.63) is 45.9 Å². The minimum atomic E-state index is -0.394. The molecule has 0 aliphatic carbocycles. The maximum atomic E-state index is 12.1. The lowest BCUT2D eigenvalue weighted by molar-refractivity contribution is 0.286. The van der Waals surface area contributed by atoms with Gasteiger partial charge in [-0.25, -0.2) is 0 Å². The van der Waals surface area contributed by atoms with Gasteiger partial charge in [0.05, 0.1) is 13.7 Å². The smallest absolute Gasteiger partial charge is 0.266 e. The topological polar surface area (TPSA) is 75.1 Å². The third-order valence-corrected chi connectivity index (χ3v) is 4.01. The molecule has 1 aromatic heterocycles. The van der Waals surface area contributed by atoms with Crippen LogP contribution in [0.5, 0.6) is 11.5 Å². The lowest BCUT2D eigenvalue weighted by Crippen LogP contribution is -2.13. The first-order chi connectivity index (χ1) is 12.1. The lowest BCUT2D eigenvalue weighted by atomic mass is 9.99. The molecular formula is C20H24N2O3. The van der Waals surface area contributed by atoms with Crippen molar-refractivity contribution in [2.75, 3.05) is 13.7 Å². The van der Waals surface area contributed by atoms with Crippen LogP contribution in [0.4, 0.5) is 0 Å². The van der Waals surface area contributed by atoms with E-state index in [4.69, 9.17) is 9.47 Å². The Morgan fingerprint density at radius 3 is 2.68 bits per heavy atom. The highest BCUT2D eigenvalue weighted by Crippen LogP contribution is 2.39. The van der Waals surface area contributed by atoms with Crippen LogP contribution in [0.3, 0.4) is 0 Å². The van der Waals surface area contributed by atoms with Crippen LogP contribution in [-0.2, 0) is 0 Å². The number of nitriles is 1. The summed E-state index contributed by atoms with van der Waals surface area (Å²) in [7, 11) is 1.58. The van der Waals surface area contributed by atoms with Gasteiger partial charge in [0.2, 0.25) is 0 Å². The van der Waals surface area contributed by atoms with Crippen LogP contribution in [0.25, 0.3) is 11.1 Å². The molecule has 0 amide bonds. The zero-order valence-electron chi connectivity index (χ0n) is 15.0. The van der Waals surface area contributed by atoms with Crippen LogP contribution in [0.15, 0.2) is 29.1 Å². The minimum absolute atomic E-state index is 0.0784. The fourth-order valence-electron chi connectivity index (χ4n) is 2.75. The number of hydrogen-bond acceptors (Lipinski definition) is 4. The summed E-state index contributed by atoms with van der Waals surface area (Å²) < 4.78 is 11.4. The number of pyridine rings is 1. The van der Waals surface area contributed by atoms with Crippen LogP contribution in [0.2, 0.25) is 0 Å². The van der Waals surface area contributed by atoms with Crippen molar-refractivity contribution in [1.29, 1.82) is 5.26 Å². The average molecular weight is 340 g/mol. The zero-order chi connectivity index (χ0) is 18.2. The van der Waals surface area contributed by atoms with Gasteiger partial charge in [-0.1, -0.05) is 38.3 Å². The second kappa shape index (κ2) is 8.93. The second-order valence-corrected chi connectivity index (χ2v) is 5.93. The van der Waals surface area contributed by atoms with Gasteiger partial charge in [-0.3, -0.25) is 4.79 Å². The Morgan fingerprint density at radius 2 is 2.00 bits per heavy atom. The molecule has 0 atom stereocenters. The summed E-state index contributed by atoms with van der Waals surface area (Å²) in [5, 5.41) is 9.40. The van der Waals surface area contributed by atoms with Crippen LogP contribution in [0.1, 0.15) is 43.9 Å². The summed E-state index contributed by atoms with van der Waals surface area (Å²) in [6.07, 6.45) is 4.39. The zero-order valence-corrected chi connectivity index (χ0v) is 15.0. The Bertz CT molecular complexity index is 819. The summed E-state index contributed by atoms with van der Waals surface area (Å²) in [4.78, 5) is 14.8. The Balaban J connectivity index is 2.45. The number of unbranched alkanes of at least 4 members (excludes halogenated alkanes) is 3. The second-order valence-electron chi connectivity index (χ2n) is 5.93. The molecule has 25 heavy (non-hydrogen) atoms. The van der Waals surface area contributed by atoms with Gasteiger partial charge in [0.1, 0.15) is 11.6 Å². The largest absolute Gasteiger partial charge is 0.493 e. The van der Waals surface area contributed by atoms with E-state index in [1.165, 1.54) is 6.42 Å². The molecular weight excluding hydrogens is 316 g/mol. The van der Waals surface area contributed by atoms with Gasteiger partial charge >= 0.3 is 0 Å². The Morgan fingerprint density at radius 1 is 1.20 bits per heavy atom. The first kappa shape index (κ1) is 18.6. The molecule has 0 saturated heterocycles. The molecule has 0 aliphatic rings. The van der Waals surface area contributed by atoms with Gasteiger partial charge in [0.15, 0.2) is 11.5 Å². The molecule has 0 bridgehead atoms. The normalized spacial score (nSPS) is 10.3. The van der Waals surface area contributed by atoms with Crippen molar-refractivity contribution < 1.29 is 9.47 Å². The van der Waals surface area contributed by atoms with E-state index in [2.05, 4.69) is 11.9 Å². The summed E-state index contributed by atoms with van der Waals surface area (Å²) in [5.74, 6) is 1.16. The fourth-order valence-corrected chi connectivity index (χ4v) is 2.75. The van der Waals surface area contributed by atoms with Crippen molar-refractivity contribution in [2.45, 2.75) is 39.5 Å². The van der Waals surface area contributed by atoms with Crippen molar-refractivity contribution in [1.82, 2.24) is 4.98 Å². The number of rotatable bonds is 8. The van der Waals surface area contributed by atoms with Crippen molar-refractivity contribution >= 4 is 0 Å². The number of nitrogens with one attached hydrogen (secondary N) is 1. The third-order valence-electron chi connectivity index (χ3n) is 4.01. The van der Waals surface area contributed by atoms with Crippen LogP contribution in [-0.4, -0.2) is 18.7 Å². The molecule has 0 fully saturated rings. The molecule has 2 aromatic rings. The summed E-state index contributed by atoms with van der Waals surface area (Å²) in [6, 6.07) is 9.28. The molecule has 1 aromatic carbocycles. The van der Waals surface area contributed by atoms with E-state index < -0.39 is 5.56 Å². The van der Waals surface area contributed by atoms with E-state index in [1.54, 1.807) is 20.1 Å². The highest BCUT2D eigenvalue weighted by molar-refractivity contribution is 5.78. The number of methoxy groups -OCH3 is 1. The van der Waals surface area contributed by atoms with E-state index in [9.17, 15) is 10.1 Å². The quantitative estimate of drug-likeness (QED) is 0.731. The molecule has 5 nitrogen and oxygen atoms in total. The monoisotopic (exact) mass is 340 g/mol. The Labute approximate surface area is 148 Å². The lowest BCUT2D eigenvalue weighted by Gasteiger charge is -2.16. The SMILES string of the molecule is CCCCCCOc1c(OC)cccc1-c1cc(C)[nH]c(=O)c1C#N. The Kier molecular flexibility index (Phi) is 6.64. The van der Waals surface area contributed by atoms with E-state index in [0.717, 1.165) is 19.3 Å². The van der Waals surface area contributed by atoms with Crippen LogP contribution in [0, 0.1) is 18.3 Å². The number of para-hydroxylation sites is 1. The van der Waals surface area contributed by atoms with Crippen molar-refractivity contribution in [3.8, 4) is 28.7 Å². The predicted octanol–water partition coefficient (Wildman–Crippen LogP) is 4.19. The fraction of sp³-hybridized carbons (Fsp3) is 0.400. The molecule has 0 spiro atoms. The van der Waals surface area contributed by atoms with Gasteiger partial charge in [0.25, 0.3) is 5.56 Å². The van der Waals surface area contributed by atoms with Crippen molar-refractivity contribution in [3.63, 3.8) is 0 Å². The number of hydrogen-bond donors (Lipinski definition) is 1. The highest BCUT2D eigenvalue weighted by Gasteiger charge is 2.17. The first-order valence-electron chi connectivity index (χ1n) is 8.56. The first-order valence-corrected chi connectivity index (χ1v) is 8.56. The van der Waals surface area contributed by atoms with Crippen LogP contribution < -0.4 is 15.0 Å². The molecule has 0 unspecified atom stereocenters. The van der Waals surface area contributed by atoms with E-state index in [-0.39, 0.29) is 5.56 Å². The molecule has 0 aliphatic heterocycles. The van der Waals surface area contributed by atoms with E-state index >= 15 is 0 Å². The maximum absolute atomic E-state index is 12.1. The number of ether oxygens (including phenoxy) is 2. The number of aromatic amines is 1. The van der Waals surface area contributed by atoms with Crippen molar-refractivity contribution in [2.24, 2.45) is 0 Å². The number of nitrogens with zero attached hydrogens (tertiary/aromatic N) is 1. The molecule has 5 heteroatoms. The van der Waals surface area contributed by atoms with E-state index in [0.29, 0.717) is 34.9 Å². The van der Waals surface area contributed by atoms with Gasteiger partial charge in [-0.2, -0.15) is 5.26 Å². The summed E-state index contributed by atoms with van der Waals surface area (Å²) in [6.45, 7) is 4.52. The minimum Gasteiger partial charge on any atom is -0.493 e. The average Bonchev–Trinajstić information content (AvgIpc) is 2.60. The van der Waals surface area contributed by atoms with Crippen LogP contribution >= 0.6 is 0 Å². The number of benzene rings is 1. The van der Waals surface area contributed by atoms with Gasteiger partial charge in [-0.05, 0) is 25.5 Å². The van der Waals surface area contributed by atoms with Gasteiger partial charge in [-0.15, -0.1) is 0 Å². The molecule has 132 valence electrons.